The van der Waals surface area contributed by atoms with E-state index in [-0.39, 0.29) is 29.3 Å². The summed E-state index contributed by atoms with van der Waals surface area (Å²) < 4.78 is 24.7. The third kappa shape index (κ3) is 3.06. The van der Waals surface area contributed by atoms with E-state index in [0.29, 0.717) is 10.8 Å². The van der Waals surface area contributed by atoms with Crippen molar-refractivity contribution in [1.82, 2.24) is 0 Å². The molecule has 27 heavy (non-hydrogen) atoms. The molecule has 0 aliphatic carbocycles. The van der Waals surface area contributed by atoms with Gasteiger partial charge in [0.05, 0.1) is 28.5 Å². The molecule has 2 fully saturated rings. The molecule has 7 nitrogen and oxygen atoms in total. The molecule has 9 heteroatoms. The van der Waals surface area contributed by atoms with E-state index in [1.165, 1.54) is 12.1 Å². The molecule has 0 bridgehead atoms. The second-order valence-corrected chi connectivity index (χ2v) is 9.37. The number of nitro benzene ring substituents is 1. The summed E-state index contributed by atoms with van der Waals surface area (Å²) in [4.78, 5) is 14.2. The molecule has 2 aliphatic rings. The first-order chi connectivity index (χ1) is 12.8. The highest BCUT2D eigenvalue weighted by Crippen LogP contribution is 2.38. The van der Waals surface area contributed by atoms with Crippen LogP contribution >= 0.6 is 12.2 Å². The lowest BCUT2D eigenvalue weighted by molar-refractivity contribution is -0.384. The van der Waals surface area contributed by atoms with Crippen molar-refractivity contribution in [2.24, 2.45) is 0 Å². The van der Waals surface area contributed by atoms with Gasteiger partial charge in [0.25, 0.3) is 5.69 Å². The van der Waals surface area contributed by atoms with Crippen LogP contribution in [0.3, 0.4) is 0 Å². The number of anilines is 2. The molecule has 0 N–H and O–H groups in total. The number of rotatable bonds is 3. The number of non-ortho nitro benzene ring substituents is 1. The highest BCUT2D eigenvalue weighted by molar-refractivity contribution is 7.91. The molecule has 0 aromatic heterocycles. The van der Waals surface area contributed by atoms with Crippen LogP contribution in [0.1, 0.15) is 5.56 Å². The summed E-state index contributed by atoms with van der Waals surface area (Å²) in [6.07, 6.45) is 0. The Morgan fingerprint density at radius 2 is 1.63 bits per heavy atom. The SMILES string of the molecule is Cc1cccc(N2C(=S)N(c3ccc([N+](=O)[O-])cc3)[C@H]3CS(=O)(=O)C[C@@H]32)c1. The Labute approximate surface area is 162 Å². The van der Waals surface area contributed by atoms with Crippen LogP contribution in [0.15, 0.2) is 48.5 Å². The van der Waals surface area contributed by atoms with Crippen LogP contribution in [0.4, 0.5) is 17.1 Å². The van der Waals surface area contributed by atoms with Crippen molar-refractivity contribution in [3.63, 3.8) is 0 Å². The maximum atomic E-state index is 12.3. The van der Waals surface area contributed by atoms with Gasteiger partial charge in [0, 0.05) is 23.5 Å². The zero-order valence-electron chi connectivity index (χ0n) is 14.5. The van der Waals surface area contributed by atoms with Gasteiger partial charge >= 0.3 is 0 Å². The third-order valence-electron chi connectivity index (χ3n) is 4.99. The fraction of sp³-hybridized carbons (Fsp3) is 0.278. The molecule has 2 saturated heterocycles. The van der Waals surface area contributed by atoms with Gasteiger partial charge in [0.1, 0.15) is 0 Å². The van der Waals surface area contributed by atoms with Crippen LogP contribution in [0.25, 0.3) is 0 Å². The lowest BCUT2D eigenvalue weighted by atomic mass is 10.1. The molecule has 0 unspecified atom stereocenters. The molecule has 0 amide bonds. The summed E-state index contributed by atoms with van der Waals surface area (Å²) in [6.45, 7) is 1.97. The molecule has 0 saturated carbocycles. The lowest BCUT2D eigenvalue weighted by Crippen LogP contribution is -2.37. The second kappa shape index (κ2) is 6.28. The van der Waals surface area contributed by atoms with Crippen LogP contribution in [-0.4, -0.2) is 42.0 Å². The summed E-state index contributed by atoms with van der Waals surface area (Å²) in [5, 5.41) is 11.4. The lowest BCUT2D eigenvalue weighted by Gasteiger charge is -2.26. The molecule has 2 aromatic carbocycles. The smallest absolute Gasteiger partial charge is 0.269 e. The second-order valence-electron chi connectivity index (χ2n) is 6.85. The monoisotopic (exact) mass is 403 g/mol. The largest absolute Gasteiger partial charge is 0.312 e. The van der Waals surface area contributed by atoms with E-state index in [1.807, 2.05) is 41.0 Å². The molecular weight excluding hydrogens is 386 g/mol. The zero-order chi connectivity index (χ0) is 19.3. The summed E-state index contributed by atoms with van der Waals surface area (Å²) >= 11 is 5.71. The standard InChI is InChI=1S/C18H17N3O4S2/c1-12-3-2-4-15(9-12)20-17-11-27(24,25)10-16(17)19(18(20)26)13-5-7-14(8-6-13)21(22)23/h2-9,16-17H,10-11H2,1H3/t16-,17-/m0/s1. The van der Waals surface area contributed by atoms with Gasteiger partial charge in [-0.05, 0) is 49.0 Å². The molecule has 0 radical (unpaired) electrons. The number of aryl methyl sites for hydroxylation is 1. The Morgan fingerprint density at radius 3 is 2.19 bits per heavy atom. The Morgan fingerprint density at radius 1 is 1.04 bits per heavy atom. The highest BCUT2D eigenvalue weighted by Gasteiger charge is 2.52. The molecule has 2 aromatic rings. The minimum atomic E-state index is -3.19. The Balaban J connectivity index is 1.78. The minimum Gasteiger partial charge on any atom is -0.312 e. The maximum Gasteiger partial charge on any atom is 0.269 e. The van der Waals surface area contributed by atoms with Crippen LogP contribution in [0.5, 0.6) is 0 Å². The first kappa shape index (κ1) is 17.9. The number of sulfone groups is 1. The third-order valence-corrected chi connectivity index (χ3v) is 7.08. The summed E-state index contributed by atoms with van der Waals surface area (Å²) in [5.41, 5.74) is 2.56. The van der Waals surface area contributed by atoms with Gasteiger partial charge < -0.3 is 9.80 Å². The van der Waals surface area contributed by atoms with Gasteiger partial charge in [-0.15, -0.1) is 0 Å². The van der Waals surface area contributed by atoms with Gasteiger partial charge in [-0.2, -0.15) is 0 Å². The molecule has 2 aliphatic heterocycles. The summed E-state index contributed by atoms with van der Waals surface area (Å²) in [5.74, 6) is 0.0480. The number of thiocarbonyl (C=S) groups is 1. The van der Waals surface area contributed by atoms with Crippen molar-refractivity contribution in [3.05, 3.63) is 64.2 Å². The van der Waals surface area contributed by atoms with E-state index in [0.717, 1.165) is 11.3 Å². The van der Waals surface area contributed by atoms with Crippen molar-refractivity contribution in [1.29, 1.82) is 0 Å². The highest BCUT2D eigenvalue weighted by atomic mass is 32.2. The van der Waals surface area contributed by atoms with E-state index in [9.17, 15) is 18.5 Å². The van der Waals surface area contributed by atoms with Gasteiger partial charge in [0.15, 0.2) is 14.9 Å². The first-order valence-electron chi connectivity index (χ1n) is 8.41. The van der Waals surface area contributed by atoms with Crippen molar-refractivity contribution in [2.75, 3.05) is 21.3 Å². The van der Waals surface area contributed by atoms with Gasteiger partial charge in [-0.1, -0.05) is 12.1 Å². The van der Waals surface area contributed by atoms with Crippen LogP contribution in [0.2, 0.25) is 0 Å². The van der Waals surface area contributed by atoms with Crippen LogP contribution in [0, 0.1) is 17.0 Å². The summed E-state index contributed by atoms with van der Waals surface area (Å²) in [7, 11) is -3.19. The topological polar surface area (TPSA) is 83.8 Å². The predicted molar refractivity (Wildman–Crippen MR) is 108 cm³/mol. The average molecular weight is 403 g/mol. The molecule has 140 valence electrons. The molecular formula is C18H17N3O4S2. The number of nitrogens with zero attached hydrogens (tertiary/aromatic N) is 3. The fourth-order valence-corrected chi connectivity index (χ4v) is 6.22. The van der Waals surface area contributed by atoms with Crippen LogP contribution < -0.4 is 9.80 Å². The predicted octanol–water partition coefficient (Wildman–Crippen LogP) is 2.68. The average Bonchev–Trinajstić information content (AvgIpc) is 3.03. The minimum absolute atomic E-state index is 0.0110. The number of hydrogen-bond acceptors (Lipinski definition) is 5. The molecule has 0 spiro atoms. The number of benzene rings is 2. The summed E-state index contributed by atoms with van der Waals surface area (Å²) in [6, 6.07) is 13.2. The molecule has 2 heterocycles. The van der Waals surface area contributed by atoms with E-state index < -0.39 is 14.8 Å². The maximum absolute atomic E-state index is 12.3. The van der Waals surface area contributed by atoms with E-state index in [1.54, 1.807) is 12.1 Å². The number of fused-ring (bicyclic) bond motifs is 1. The zero-order valence-corrected chi connectivity index (χ0v) is 16.1. The molecule has 4 rings (SSSR count). The Bertz CT molecular complexity index is 1040. The number of nitro groups is 1. The van der Waals surface area contributed by atoms with E-state index >= 15 is 0 Å². The van der Waals surface area contributed by atoms with Crippen molar-refractivity contribution >= 4 is 44.2 Å². The first-order valence-corrected chi connectivity index (χ1v) is 10.6. The van der Waals surface area contributed by atoms with Crippen molar-refractivity contribution in [2.45, 2.75) is 19.0 Å². The Hall–Kier alpha value is -2.52. The molecule has 2 atom stereocenters. The van der Waals surface area contributed by atoms with Crippen molar-refractivity contribution < 1.29 is 13.3 Å². The van der Waals surface area contributed by atoms with Crippen molar-refractivity contribution in [3.8, 4) is 0 Å². The van der Waals surface area contributed by atoms with Gasteiger partial charge in [-0.25, -0.2) is 8.42 Å². The fourth-order valence-electron chi connectivity index (χ4n) is 3.82. The van der Waals surface area contributed by atoms with Crippen LogP contribution in [-0.2, 0) is 9.84 Å². The van der Waals surface area contributed by atoms with Gasteiger partial charge in [0.2, 0.25) is 0 Å². The van der Waals surface area contributed by atoms with E-state index in [4.69, 9.17) is 12.2 Å². The Kier molecular flexibility index (Phi) is 4.15. The normalized spacial score (nSPS) is 23.5. The van der Waals surface area contributed by atoms with E-state index in [2.05, 4.69) is 0 Å². The quantitative estimate of drug-likeness (QED) is 0.443. The van der Waals surface area contributed by atoms with Gasteiger partial charge in [-0.3, -0.25) is 10.1 Å². The number of hydrogen-bond donors (Lipinski definition) is 0.